The summed E-state index contributed by atoms with van der Waals surface area (Å²) in [5.41, 5.74) is 1.47. The zero-order valence-corrected chi connectivity index (χ0v) is 21.5. The van der Waals surface area contributed by atoms with Crippen molar-refractivity contribution >= 4 is 21.7 Å². The number of amides is 1. The molecular formula is C27H36N2O5S. The minimum Gasteiger partial charge on any atom is -0.390 e. The number of aliphatic hydroxyl groups excluding tert-OH is 1. The van der Waals surface area contributed by atoms with Crippen LogP contribution in [-0.2, 0) is 25.4 Å². The predicted molar refractivity (Wildman–Crippen MR) is 136 cm³/mol. The number of ketones is 1. The van der Waals surface area contributed by atoms with Crippen molar-refractivity contribution in [3.05, 3.63) is 71.8 Å². The molecule has 2 aromatic rings. The first-order chi connectivity index (χ1) is 16.5. The van der Waals surface area contributed by atoms with Gasteiger partial charge in [-0.25, -0.2) is 13.1 Å². The largest absolute Gasteiger partial charge is 0.390 e. The summed E-state index contributed by atoms with van der Waals surface area (Å²) in [4.78, 5) is 25.8. The average molecular weight is 501 g/mol. The van der Waals surface area contributed by atoms with Crippen molar-refractivity contribution in [3.8, 4) is 0 Å². The van der Waals surface area contributed by atoms with Gasteiger partial charge in [-0.3, -0.25) is 9.59 Å². The number of aliphatic hydroxyl groups is 1. The first kappa shape index (κ1) is 27.0. The Hall–Kier alpha value is -2.55. The minimum atomic E-state index is -3.79. The van der Waals surface area contributed by atoms with E-state index >= 15 is 0 Å². The Morgan fingerprint density at radius 3 is 2.09 bits per heavy atom. The second kappa shape index (κ2) is 11.5. The molecule has 8 heteroatoms. The monoisotopic (exact) mass is 500 g/mol. The third kappa shape index (κ3) is 7.22. The molecule has 1 amide bonds. The molecule has 1 fully saturated rings. The van der Waals surface area contributed by atoms with Gasteiger partial charge in [-0.05, 0) is 29.4 Å². The molecule has 3 rings (SSSR count). The first-order valence-electron chi connectivity index (χ1n) is 12.1. The van der Waals surface area contributed by atoms with Crippen LogP contribution < -0.4 is 10.0 Å². The lowest BCUT2D eigenvalue weighted by atomic mass is 9.92. The number of sulfonamides is 1. The molecule has 0 spiro atoms. The minimum absolute atomic E-state index is 0.0501. The normalized spacial score (nSPS) is 20.5. The quantitative estimate of drug-likeness (QED) is 0.415. The van der Waals surface area contributed by atoms with Gasteiger partial charge in [-0.15, -0.1) is 0 Å². The van der Waals surface area contributed by atoms with E-state index in [-0.39, 0.29) is 29.3 Å². The zero-order valence-electron chi connectivity index (χ0n) is 20.7. The van der Waals surface area contributed by atoms with Gasteiger partial charge in [-0.1, -0.05) is 88.4 Å². The standard InChI is InChI=1S/C27H36N2O5S/c1-17(2)15-21(29-35(33,34)16-19-11-7-5-8-12-19)27(32)28-24(18(3)4)26(31)23-22(25(23)30)20-13-9-6-10-14-20/h5-14,17-18,21-24,26,29,31H,15-16H2,1-4H3,(H,28,32)/t21-,22?,23?,24-,26-/m0/s1. The van der Waals surface area contributed by atoms with Crippen LogP contribution in [0, 0.1) is 17.8 Å². The van der Waals surface area contributed by atoms with Crippen LogP contribution in [0.5, 0.6) is 0 Å². The third-order valence-corrected chi connectivity index (χ3v) is 7.71. The highest BCUT2D eigenvalue weighted by molar-refractivity contribution is 7.88. The summed E-state index contributed by atoms with van der Waals surface area (Å²) < 4.78 is 28.2. The van der Waals surface area contributed by atoms with Crippen LogP contribution in [0.2, 0.25) is 0 Å². The Labute approximate surface area is 208 Å². The molecule has 0 heterocycles. The van der Waals surface area contributed by atoms with Gasteiger partial charge in [0.05, 0.1) is 29.7 Å². The highest BCUT2D eigenvalue weighted by Gasteiger charge is 2.56. The first-order valence-corrected chi connectivity index (χ1v) is 13.8. The Morgan fingerprint density at radius 1 is 0.971 bits per heavy atom. The van der Waals surface area contributed by atoms with E-state index in [1.807, 2.05) is 64.1 Å². The van der Waals surface area contributed by atoms with E-state index in [2.05, 4.69) is 10.0 Å². The molecule has 1 saturated carbocycles. The van der Waals surface area contributed by atoms with E-state index in [0.717, 1.165) is 5.56 Å². The second-order valence-electron chi connectivity index (χ2n) is 10.1. The fourth-order valence-electron chi connectivity index (χ4n) is 4.52. The van der Waals surface area contributed by atoms with Crippen LogP contribution in [0.3, 0.4) is 0 Å². The van der Waals surface area contributed by atoms with Crippen molar-refractivity contribution in [2.24, 2.45) is 17.8 Å². The SMILES string of the molecule is CC(C)C[C@H](NS(=O)(=O)Cc1ccccc1)C(=O)N[C@@H](C(C)C)[C@@H](O)C1C(=O)C1c1ccccc1. The van der Waals surface area contributed by atoms with Crippen LogP contribution in [0.15, 0.2) is 60.7 Å². The molecule has 190 valence electrons. The van der Waals surface area contributed by atoms with Gasteiger partial charge in [0, 0.05) is 0 Å². The number of rotatable bonds is 12. The molecule has 5 atom stereocenters. The van der Waals surface area contributed by atoms with E-state index in [1.54, 1.807) is 24.3 Å². The van der Waals surface area contributed by atoms with Crippen molar-refractivity contribution in [2.75, 3.05) is 0 Å². The summed E-state index contributed by atoms with van der Waals surface area (Å²) in [5.74, 6) is -1.88. The van der Waals surface area contributed by atoms with E-state index in [4.69, 9.17) is 0 Å². The van der Waals surface area contributed by atoms with Crippen molar-refractivity contribution in [1.82, 2.24) is 10.0 Å². The van der Waals surface area contributed by atoms with Gasteiger partial charge in [0.2, 0.25) is 15.9 Å². The molecular weight excluding hydrogens is 464 g/mol. The molecule has 1 aliphatic rings. The fourth-order valence-corrected chi connectivity index (χ4v) is 5.87. The Morgan fingerprint density at radius 2 is 1.54 bits per heavy atom. The number of hydrogen-bond donors (Lipinski definition) is 3. The molecule has 2 unspecified atom stereocenters. The summed E-state index contributed by atoms with van der Waals surface area (Å²) in [7, 11) is -3.79. The number of Topliss-reactive ketones (excluding diaryl/α,β-unsaturated/α-hetero) is 1. The van der Waals surface area contributed by atoms with Gasteiger partial charge in [-0.2, -0.15) is 0 Å². The third-order valence-electron chi connectivity index (χ3n) is 6.35. The van der Waals surface area contributed by atoms with Crippen LogP contribution in [-0.4, -0.2) is 43.4 Å². The lowest BCUT2D eigenvalue weighted by Crippen LogP contribution is -2.55. The lowest BCUT2D eigenvalue weighted by Gasteiger charge is -2.30. The number of hydrogen-bond acceptors (Lipinski definition) is 5. The fraction of sp³-hybridized carbons (Fsp3) is 0.481. The maximum absolute atomic E-state index is 13.3. The van der Waals surface area contributed by atoms with Crippen LogP contribution >= 0.6 is 0 Å². The summed E-state index contributed by atoms with van der Waals surface area (Å²) >= 11 is 0. The maximum atomic E-state index is 13.3. The Bertz CT molecular complexity index is 1100. The molecule has 2 aromatic carbocycles. The number of carbonyl (C=O) groups is 2. The maximum Gasteiger partial charge on any atom is 0.238 e. The molecule has 0 bridgehead atoms. The van der Waals surface area contributed by atoms with Crippen molar-refractivity contribution < 1.29 is 23.1 Å². The molecule has 35 heavy (non-hydrogen) atoms. The van der Waals surface area contributed by atoms with E-state index in [0.29, 0.717) is 12.0 Å². The topological polar surface area (TPSA) is 113 Å². The highest BCUT2D eigenvalue weighted by Crippen LogP contribution is 2.46. The Kier molecular flexibility index (Phi) is 8.85. The van der Waals surface area contributed by atoms with Gasteiger partial charge < -0.3 is 10.4 Å². The van der Waals surface area contributed by atoms with Crippen LogP contribution in [0.4, 0.5) is 0 Å². The van der Waals surface area contributed by atoms with Crippen molar-refractivity contribution in [1.29, 1.82) is 0 Å². The molecule has 0 radical (unpaired) electrons. The van der Waals surface area contributed by atoms with Crippen LogP contribution in [0.1, 0.15) is 51.2 Å². The molecule has 1 aliphatic carbocycles. The van der Waals surface area contributed by atoms with E-state index in [1.165, 1.54) is 0 Å². The van der Waals surface area contributed by atoms with Gasteiger partial charge in [0.25, 0.3) is 0 Å². The second-order valence-corrected chi connectivity index (χ2v) is 11.9. The van der Waals surface area contributed by atoms with Gasteiger partial charge in [0.1, 0.15) is 11.8 Å². The summed E-state index contributed by atoms with van der Waals surface area (Å²) in [6, 6.07) is 16.4. The van der Waals surface area contributed by atoms with Gasteiger partial charge >= 0.3 is 0 Å². The summed E-state index contributed by atoms with van der Waals surface area (Å²) in [5, 5.41) is 13.9. The molecule has 0 aromatic heterocycles. The van der Waals surface area contributed by atoms with Crippen molar-refractivity contribution in [2.45, 2.75) is 64.0 Å². The average Bonchev–Trinajstić information content (AvgIpc) is 3.47. The smallest absolute Gasteiger partial charge is 0.238 e. The highest BCUT2D eigenvalue weighted by atomic mass is 32.2. The lowest BCUT2D eigenvalue weighted by molar-refractivity contribution is -0.125. The van der Waals surface area contributed by atoms with Crippen molar-refractivity contribution in [3.63, 3.8) is 0 Å². The van der Waals surface area contributed by atoms with Crippen LogP contribution in [0.25, 0.3) is 0 Å². The number of benzene rings is 2. The van der Waals surface area contributed by atoms with Gasteiger partial charge in [0.15, 0.2) is 0 Å². The number of nitrogens with one attached hydrogen (secondary N) is 2. The summed E-state index contributed by atoms with van der Waals surface area (Å²) in [6.45, 7) is 7.53. The molecule has 0 aliphatic heterocycles. The van der Waals surface area contributed by atoms with E-state index in [9.17, 15) is 23.1 Å². The molecule has 3 N–H and O–H groups in total. The summed E-state index contributed by atoms with van der Waals surface area (Å²) in [6.07, 6.45) is -0.771. The number of carbonyl (C=O) groups excluding carboxylic acids is 2. The van der Waals surface area contributed by atoms with E-state index < -0.39 is 40.0 Å². The Balaban J connectivity index is 1.72. The zero-order chi connectivity index (χ0) is 25.8. The predicted octanol–water partition coefficient (Wildman–Crippen LogP) is 3.01. The molecule has 7 nitrogen and oxygen atoms in total. The molecule has 0 saturated heterocycles.